The van der Waals surface area contributed by atoms with Gasteiger partial charge >= 0.3 is 0 Å². The number of ether oxygens (including phenoxy) is 2. The van der Waals surface area contributed by atoms with Gasteiger partial charge in [-0.25, -0.2) is 13.1 Å². The fraction of sp³-hybridized carbons (Fsp3) is 0.538. The largest absolute Gasteiger partial charge is 0.381 e. The average Bonchev–Trinajstić information content (AvgIpc) is 2.95. The Balaban J connectivity index is 2.18. The smallest absolute Gasteiger partial charge is 0.242 e. The van der Waals surface area contributed by atoms with E-state index in [0.717, 1.165) is 6.42 Å². The molecule has 2 N–H and O–H groups in total. The average molecular weight is 300 g/mol. The third kappa shape index (κ3) is 3.12. The Morgan fingerprint density at radius 1 is 1.40 bits per heavy atom. The summed E-state index contributed by atoms with van der Waals surface area (Å²) in [5.74, 6) is 0. The van der Waals surface area contributed by atoms with Gasteiger partial charge in [0.05, 0.1) is 12.3 Å². The molecule has 1 heterocycles. The molecule has 0 amide bonds. The Kier molecular flexibility index (Phi) is 4.64. The second-order valence-electron chi connectivity index (χ2n) is 4.75. The first-order chi connectivity index (χ1) is 9.53. The van der Waals surface area contributed by atoms with E-state index in [1.807, 2.05) is 0 Å². The van der Waals surface area contributed by atoms with Crippen molar-refractivity contribution >= 4 is 15.7 Å². The van der Waals surface area contributed by atoms with Gasteiger partial charge in [-0.05, 0) is 19.2 Å². The van der Waals surface area contributed by atoms with Crippen molar-refractivity contribution in [1.29, 1.82) is 0 Å². The molecule has 2 rings (SSSR count). The van der Waals surface area contributed by atoms with Gasteiger partial charge in [-0.2, -0.15) is 0 Å². The fourth-order valence-electron chi connectivity index (χ4n) is 2.17. The number of rotatable bonds is 6. The van der Waals surface area contributed by atoms with Gasteiger partial charge in [0, 0.05) is 26.7 Å². The number of hydrogen-bond acceptors (Lipinski definition) is 5. The molecule has 0 radical (unpaired) electrons. The van der Waals surface area contributed by atoms with Crippen LogP contribution in [0.4, 0.5) is 5.69 Å². The monoisotopic (exact) mass is 300 g/mol. The Bertz CT molecular complexity index is 553. The number of nitrogens with one attached hydrogen (secondary N) is 2. The highest BCUT2D eigenvalue weighted by molar-refractivity contribution is 7.89. The zero-order chi connectivity index (χ0) is 14.6. The molecule has 1 unspecified atom stereocenters. The van der Waals surface area contributed by atoms with Crippen LogP contribution in [0.25, 0.3) is 0 Å². The van der Waals surface area contributed by atoms with E-state index in [-0.39, 0.29) is 4.90 Å². The minimum Gasteiger partial charge on any atom is -0.381 e. The van der Waals surface area contributed by atoms with Gasteiger partial charge in [0.25, 0.3) is 0 Å². The van der Waals surface area contributed by atoms with Crippen molar-refractivity contribution in [3.63, 3.8) is 0 Å². The molecule has 0 aromatic heterocycles. The molecule has 20 heavy (non-hydrogen) atoms. The van der Waals surface area contributed by atoms with E-state index in [0.29, 0.717) is 25.4 Å². The highest BCUT2D eigenvalue weighted by Crippen LogP contribution is 2.25. The Labute approximate surface area is 119 Å². The zero-order valence-electron chi connectivity index (χ0n) is 11.7. The lowest BCUT2D eigenvalue weighted by molar-refractivity contribution is -0.00623. The number of methoxy groups -OCH3 is 1. The zero-order valence-corrected chi connectivity index (χ0v) is 12.5. The van der Waals surface area contributed by atoms with Crippen LogP contribution in [0.1, 0.15) is 6.42 Å². The Morgan fingerprint density at radius 2 is 2.15 bits per heavy atom. The second kappa shape index (κ2) is 6.09. The van der Waals surface area contributed by atoms with Crippen LogP contribution in [0.3, 0.4) is 0 Å². The van der Waals surface area contributed by atoms with Crippen molar-refractivity contribution in [3.8, 4) is 0 Å². The predicted octanol–water partition coefficient (Wildman–Crippen LogP) is 0.812. The molecule has 7 heteroatoms. The van der Waals surface area contributed by atoms with E-state index in [9.17, 15) is 8.42 Å². The normalized spacial score (nSPS) is 22.9. The van der Waals surface area contributed by atoms with Crippen molar-refractivity contribution in [3.05, 3.63) is 24.3 Å². The summed E-state index contributed by atoms with van der Waals surface area (Å²) in [6.07, 6.45) is 0.789. The molecule has 1 atom stereocenters. The number of benzene rings is 1. The predicted molar refractivity (Wildman–Crippen MR) is 76.4 cm³/mol. The SMILES string of the molecule is CNS(=O)(=O)c1ccccc1NCC1(OC)CCOC1. The maximum Gasteiger partial charge on any atom is 0.242 e. The Morgan fingerprint density at radius 3 is 2.75 bits per heavy atom. The van der Waals surface area contributed by atoms with Crippen molar-refractivity contribution in [2.24, 2.45) is 0 Å². The summed E-state index contributed by atoms with van der Waals surface area (Å²) in [4.78, 5) is 0.229. The summed E-state index contributed by atoms with van der Waals surface area (Å²) in [7, 11) is -0.444. The topological polar surface area (TPSA) is 76.7 Å². The van der Waals surface area contributed by atoms with E-state index >= 15 is 0 Å². The lowest BCUT2D eigenvalue weighted by atomic mass is 10.0. The molecular formula is C13H20N2O4S. The van der Waals surface area contributed by atoms with Crippen LogP contribution in [-0.4, -0.2) is 47.9 Å². The minimum absolute atomic E-state index is 0.229. The second-order valence-corrected chi connectivity index (χ2v) is 6.60. The fourth-order valence-corrected chi connectivity index (χ4v) is 3.08. The molecule has 0 aliphatic carbocycles. The number of para-hydroxylation sites is 1. The molecule has 1 aliphatic rings. The van der Waals surface area contributed by atoms with Gasteiger partial charge in [0.2, 0.25) is 10.0 Å². The lowest BCUT2D eigenvalue weighted by Crippen LogP contribution is -2.39. The van der Waals surface area contributed by atoms with Crippen LogP contribution in [0.5, 0.6) is 0 Å². The molecule has 6 nitrogen and oxygen atoms in total. The maximum absolute atomic E-state index is 12.0. The van der Waals surface area contributed by atoms with Crippen molar-refractivity contribution in [2.75, 3.05) is 39.2 Å². The summed E-state index contributed by atoms with van der Waals surface area (Å²) >= 11 is 0. The van der Waals surface area contributed by atoms with E-state index < -0.39 is 15.6 Å². The summed E-state index contributed by atoms with van der Waals surface area (Å²) in [5.41, 5.74) is 0.168. The van der Waals surface area contributed by atoms with Crippen LogP contribution >= 0.6 is 0 Å². The van der Waals surface area contributed by atoms with Crippen LogP contribution in [-0.2, 0) is 19.5 Å². The van der Waals surface area contributed by atoms with Crippen LogP contribution in [0.2, 0.25) is 0 Å². The van der Waals surface area contributed by atoms with Gasteiger partial charge in [0.15, 0.2) is 0 Å². The first kappa shape index (κ1) is 15.2. The third-order valence-electron chi connectivity index (χ3n) is 3.55. The standard InChI is InChI=1S/C13H20N2O4S/c1-14-20(16,17)12-6-4-3-5-11(12)15-9-13(18-2)7-8-19-10-13/h3-6,14-15H,7-10H2,1-2H3. The number of hydrogen-bond donors (Lipinski definition) is 2. The molecule has 1 aliphatic heterocycles. The molecule has 1 aromatic rings. The molecule has 1 saturated heterocycles. The van der Waals surface area contributed by atoms with E-state index in [1.54, 1.807) is 31.4 Å². The molecular weight excluding hydrogens is 280 g/mol. The van der Waals surface area contributed by atoms with E-state index in [2.05, 4.69) is 10.0 Å². The first-order valence-electron chi connectivity index (χ1n) is 6.42. The van der Waals surface area contributed by atoms with Crippen LogP contribution < -0.4 is 10.0 Å². The summed E-state index contributed by atoms with van der Waals surface area (Å²) in [5, 5.41) is 3.16. The van der Waals surface area contributed by atoms with E-state index in [1.165, 1.54) is 7.05 Å². The van der Waals surface area contributed by atoms with Crippen LogP contribution in [0.15, 0.2) is 29.2 Å². The van der Waals surface area contributed by atoms with Gasteiger partial charge < -0.3 is 14.8 Å². The highest BCUT2D eigenvalue weighted by atomic mass is 32.2. The van der Waals surface area contributed by atoms with Gasteiger partial charge in [0.1, 0.15) is 10.5 Å². The minimum atomic E-state index is -3.49. The van der Waals surface area contributed by atoms with Gasteiger partial charge in [-0.1, -0.05) is 12.1 Å². The van der Waals surface area contributed by atoms with Gasteiger partial charge in [-0.15, -0.1) is 0 Å². The van der Waals surface area contributed by atoms with Crippen molar-refractivity contribution in [2.45, 2.75) is 16.9 Å². The van der Waals surface area contributed by atoms with E-state index in [4.69, 9.17) is 9.47 Å². The summed E-state index contributed by atoms with van der Waals surface area (Å²) in [6.45, 7) is 1.67. The van der Waals surface area contributed by atoms with Crippen molar-refractivity contribution < 1.29 is 17.9 Å². The van der Waals surface area contributed by atoms with Gasteiger partial charge in [-0.3, -0.25) is 0 Å². The summed E-state index contributed by atoms with van der Waals surface area (Å²) in [6, 6.07) is 6.80. The molecule has 1 fully saturated rings. The Hall–Kier alpha value is -1.15. The molecule has 0 saturated carbocycles. The molecule has 1 aromatic carbocycles. The molecule has 0 spiro atoms. The molecule has 112 valence electrons. The maximum atomic E-state index is 12.0. The summed E-state index contributed by atoms with van der Waals surface area (Å²) < 4.78 is 37.1. The first-order valence-corrected chi connectivity index (χ1v) is 7.91. The lowest BCUT2D eigenvalue weighted by Gasteiger charge is -2.27. The highest BCUT2D eigenvalue weighted by Gasteiger charge is 2.35. The third-order valence-corrected chi connectivity index (χ3v) is 5.02. The molecule has 0 bridgehead atoms. The number of sulfonamides is 1. The number of anilines is 1. The van der Waals surface area contributed by atoms with Crippen molar-refractivity contribution in [1.82, 2.24) is 4.72 Å². The van der Waals surface area contributed by atoms with Crippen LogP contribution in [0, 0.1) is 0 Å². The quantitative estimate of drug-likeness (QED) is 0.813.